The lowest BCUT2D eigenvalue weighted by Crippen LogP contribution is -1.87. The van der Waals surface area contributed by atoms with Gasteiger partial charge in [0.25, 0.3) is 0 Å². The van der Waals surface area contributed by atoms with Gasteiger partial charge in [0.2, 0.25) is 0 Å². The molecule has 5 heteroatoms. The smallest absolute Gasteiger partial charge is 0.152 e. The second-order valence-corrected chi connectivity index (χ2v) is 2.63. The van der Waals surface area contributed by atoms with Gasteiger partial charge >= 0.3 is 0 Å². The number of benzene rings is 1. The van der Waals surface area contributed by atoms with E-state index in [1.807, 2.05) is 0 Å². The molecule has 0 aliphatic carbocycles. The Morgan fingerprint density at radius 2 is 2.00 bits per heavy atom. The molecular formula is C6H4FN3S. The zero-order valence-electron chi connectivity index (χ0n) is 5.41. The van der Waals surface area contributed by atoms with Gasteiger partial charge in [-0.3, -0.25) is 0 Å². The second kappa shape index (κ2) is 2.13. The maximum Gasteiger partial charge on any atom is 0.152 e. The minimum atomic E-state index is -0.372. The van der Waals surface area contributed by atoms with Crippen molar-refractivity contribution in [3.8, 4) is 0 Å². The molecule has 56 valence electrons. The zero-order chi connectivity index (χ0) is 7.84. The van der Waals surface area contributed by atoms with Gasteiger partial charge in [-0.05, 0) is 12.1 Å². The molecule has 0 amide bonds. The van der Waals surface area contributed by atoms with Crippen molar-refractivity contribution >= 4 is 28.4 Å². The first-order valence-corrected chi connectivity index (χ1v) is 3.68. The van der Waals surface area contributed by atoms with E-state index >= 15 is 0 Å². The number of nitrogens with zero attached hydrogens (tertiary/aromatic N) is 2. The van der Waals surface area contributed by atoms with Crippen LogP contribution in [0.5, 0.6) is 0 Å². The number of halogens is 1. The van der Waals surface area contributed by atoms with Crippen LogP contribution in [0.3, 0.4) is 0 Å². The number of aromatic nitrogens is 2. The van der Waals surface area contributed by atoms with E-state index in [2.05, 4.69) is 8.75 Å². The molecule has 0 atom stereocenters. The molecule has 0 saturated heterocycles. The zero-order valence-corrected chi connectivity index (χ0v) is 6.23. The molecule has 0 saturated carbocycles. The highest BCUT2D eigenvalue weighted by molar-refractivity contribution is 7.00. The highest BCUT2D eigenvalue weighted by Gasteiger charge is 2.06. The quantitative estimate of drug-likeness (QED) is 0.606. The first-order chi connectivity index (χ1) is 5.29. The first kappa shape index (κ1) is 6.48. The minimum absolute atomic E-state index is 0.259. The Labute approximate surface area is 66.0 Å². The molecule has 1 aromatic carbocycles. The molecule has 0 radical (unpaired) electrons. The number of fused-ring (bicyclic) bond motifs is 1. The van der Waals surface area contributed by atoms with Gasteiger partial charge in [-0.25, -0.2) is 4.39 Å². The number of nitrogens with two attached hydrogens (primary N) is 1. The molecule has 2 rings (SSSR count). The van der Waals surface area contributed by atoms with Crippen molar-refractivity contribution in [2.75, 3.05) is 5.73 Å². The number of hydrogen-bond donors (Lipinski definition) is 1. The summed E-state index contributed by atoms with van der Waals surface area (Å²) in [7, 11) is 0. The molecule has 0 bridgehead atoms. The highest BCUT2D eigenvalue weighted by Crippen LogP contribution is 2.20. The minimum Gasteiger partial charge on any atom is -0.397 e. The third-order valence-corrected chi connectivity index (χ3v) is 1.93. The molecule has 0 spiro atoms. The summed E-state index contributed by atoms with van der Waals surface area (Å²) < 4.78 is 20.4. The van der Waals surface area contributed by atoms with Gasteiger partial charge in [0.15, 0.2) is 5.82 Å². The number of hydrogen-bond acceptors (Lipinski definition) is 4. The lowest BCUT2D eigenvalue weighted by atomic mass is 10.2. The van der Waals surface area contributed by atoms with Crippen LogP contribution in [-0.2, 0) is 0 Å². The largest absolute Gasteiger partial charge is 0.397 e. The van der Waals surface area contributed by atoms with Crippen LogP contribution in [0.15, 0.2) is 12.1 Å². The predicted molar refractivity (Wildman–Crippen MR) is 41.8 cm³/mol. The van der Waals surface area contributed by atoms with E-state index in [0.717, 1.165) is 11.7 Å². The number of anilines is 1. The second-order valence-electron chi connectivity index (χ2n) is 2.10. The first-order valence-electron chi connectivity index (χ1n) is 2.95. The molecule has 3 nitrogen and oxygen atoms in total. The summed E-state index contributed by atoms with van der Waals surface area (Å²) in [5.74, 6) is -0.372. The Balaban J connectivity index is 2.96. The van der Waals surface area contributed by atoms with Crippen molar-refractivity contribution < 1.29 is 4.39 Å². The maximum absolute atomic E-state index is 12.8. The fraction of sp³-hybridized carbons (Fsp3) is 0. The molecule has 2 N–H and O–H groups in total. The van der Waals surface area contributed by atoms with E-state index in [1.54, 1.807) is 0 Å². The Hall–Kier alpha value is -1.23. The average Bonchev–Trinajstić information content (AvgIpc) is 2.45. The summed E-state index contributed by atoms with van der Waals surface area (Å²) in [4.78, 5) is 0. The topological polar surface area (TPSA) is 51.8 Å². The summed E-state index contributed by atoms with van der Waals surface area (Å²) in [6.07, 6.45) is 0. The van der Waals surface area contributed by atoms with Crippen molar-refractivity contribution in [3.63, 3.8) is 0 Å². The molecule has 0 unspecified atom stereocenters. The van der Waals surface area contributed by atoms with Crippen LogP contribution in [0.25, 0.3) is 11.0 Å². The van der Waals surface area contributed by atoms with E-state index in [9.17, 15) is 4.39 Å². The van der Waals surface area contributed by atoms with Crippen molar-refractivity contribution in [2.45, 2.75) is 0 Å². The normalized spacial score (nSPS) is 10.6. The van der Waals surface area contributed by atoms with Gasteiger partial charge in [-0.1, -0.05) is 0 Å². The van der Waals surface area contributed by atoms with Gasteiger partial charge in [0.1, 0.15) is 11.0 Å². The Morgan fingerprint density at radius 3 is 2.73 bits per heavy atom. The van der Waals surface area contributed by atoms with Gasteiger partial charge in [0.05, 0.1) is 17.4 Å². The standard InChI is InChI=1S/C6H4FN3S/c7-3-1-2-4(8)6-5(3)9-11-10-6/h1-2H,8H2. The summed E-state index contributed by atoms with van der Waals surface area (Å²) in [5.41, 5.74) is 6.69. The summed E-state index contributed by atoms with van der Waals surface area (Å²) in [6.45, 7) is 0. The van der Waals surface area contributed by atoms with Crippen LogP contribution < -0.4 is 5.73 Å². The predicted octanol–water partition coefficient (Wildman–Crippen LogP) is 1.41. The third-order valence-electron chi connectivity index (χ3n) is 1.40. The summed E-state index contributed by atoms with van der Waals surface area (Å²) in [6, 6.07) is 2.78. The fourth-order valence-electron chi connectivity index (χ4n) is 0.855. The number of rotatable bonds is 0. The molecule has 1 aromatic heterocycles. The van der Waals surface area contributed by atoms with Gasteiger partial charge in [-0.15, -0.1) is 0 Å². The van der Waals surface area contributed by atoms with Crippen molar-refractivity contribution in [1.82, 2.24) is 8.75 Å². The Morgan fingerprint density at radius 1 is 1.27 bits per heavy atom. The Bertz CT molecular complexity index is 362. The van der Waals surface area contributed by atoms with Crippen LogP contribution in [0, 0.1) is 5.82 Å². The molecule has 0 fully saturated rings. The van der Waals surface area contributed by atoms with Crippen LogP contribution in [0.4, 0.5) is 10.1 Å². The molecule has 1 heterocycles. The number of nitrogen functional groups attached to an aromatic ring is 1. The maximum atomic E-state index is 12.8. The SMILES string of the molecule is Nc1ccc(F)c2nsnc12. The van der Waals surface area contributed by atoms with Crippen LogP contribution in [-0.4, -0.2) is 8.75 Å². The van der Waals surface area contributed by atoms with E-state index in [1.165, 1.54) is 12.1 Å². The van der Waals surface area contributed by atoms with E-state index in [4.69, 9.17) is 5.73 Å². The van der Waals surface area contributed by atoms with E-state index < -0.39 is 0 Å². The average molecular weight is 169 g/mol. The molecule has 0 aliphatic heterocycles. The molecule has 2 aromatic rings. The van der Waals surface area contributed by atoms with Gasteiger partial charge in [0, 0.05) is 0 Å². The Kier molecular flexibility index (Phi) is 1.25. The highest BCUT2D eigenvalue weighted by atomic mass is 32.1. The van der Waals surface area contributed by atoms with Gasteiger partial charge < -0.3 is 5.73 Å². The van der Waals surface area contributed by atoms with E-state index in [0.29, 0.717) is 11.2 Å². The third kappa shape index (κ3) is 0.848. The van der Waals surface area contributed by atoms with Crippen molar-refractivity contribution in [2.24, 2.45) is 0 Å². The van der Waals surface area contributed by atoms with Gasteiger partial charge in [-0.2, -0.15) is 8.75 Å². The van der Waals surface area contributed by atoms with E-state index in [-0.39, 0.29) is 11.3 Å². The molecular weight excluding hydrogens is 165 g/mol. The lowest BCUT2D eigenvalue weighted by Gasteiger charge is -1.92. The fourth-order valence-corrected chi connectivity index (χ4v) is 1.43. The van der Waals surface area contributed by atoms with Crippen molar-refractivity contribution in [3.05, 3.63) is 17.9 Å². The summed E-state index contributed by atoms with van der Waals surface area (Å²) >= 11 is 0.961. The molecule has 11 heavy (non-hydrogen) atoms. The van der Waals surface area contributed by atoms with Crippen LogP contribution in [0.2, 0.25) is 0 Å². The summed E-state index contributed by atoms with van der Waals surface area (Å²) in [5, 5.41) is 0. The monoisotopic (exact) mass is 169 g/mol. The van der Waals surface area contributed by atoms with Crippen LogP contribution >= 0.6 is 11.7 Å². The molecule has 0 aliphatic rings. The lowest BCUT2D eigenvalue weighted by molar-refractivity contribution is 0.638. The van der Waals surface area contributed by atoms with Crippen LogP contribution in [0.1, 0.15) is 0 Å². The van der Waals surface area contributed by atoms with Crippen molar-refractivity contribution in [1.29, 1.82) is 0 Å².